The first-order chi connectivity index (χ1) is 11.3. The lowest BCUT2D eigenvalue weighted by molar-refractivity contribution is -0.0882. The fraction of sp³-hybridized carbons (Fsp3) is 0.0714. The highest BCUT2D eigenvalue weighted by atomic mass is 32.1. The molecule has 0 saturated carbocycles. The summed E-state index contributed by atoms with van der Waals surface area (Å²) in [7, 11) is 0. The van der Waals surface area contributed by atoms with E-state index in [1.165, 1.54) is 6.07 Å². The number of hydrogen-bond acceptors (Lipinski definition) is 5. The normalized spacial score (nSPS) is 11.7. The summed E-state index contributed by atoms with van der Waals surface area (Å²) in [5, 5.41) is 3.51. The molecule has 0 bridgehead atoms. The van der Waals surface area contributed by atoms with E-state index in [4.69, 9.17) is 4.52 Å². The quantitative estimate of drug-likeness (QED) is 0.510. The van der Waals surface area contributed by atoms with E-state index in [2.05, 4.69) is 10.1 Å². The van der Waals surface area contributed by atoms with Crippen molar-refractivity contribution >= 4 is 17.1 Å². The zero-order valence-corrected chi connectivity index (χ0v) is 12.2. The molecule has 0 aliphatic heterocycles. The number of thiophene rings is 1. The molecule has 0 saturated heterocycles. The molecule has 124 valence electrons. The summed E-state index contributed by atoms with van der Waals surface area (Å²) in [6.45, 7) is 0. The molecule has 0 unspecified atom stereocenters. The lowest BCUT2D eigenvalue weighted by Gasteiger charge is -2.00. The van der Waals surface area contributed by atoms with Crippen LogP contribution < -0.4 is 0 Å². The van der Waals surface area contributed by atoms with Crippen LogP contribution in [0.2, 0.25) is 0 Å². The molecule has 3 rings (SSSR count). The molecule has 2 heterocycles. The lowest BCUT2D eigenvalue weighted by Crippen LogP contribution is -2.21. The predicted octanol–water partition coefficient (Wildman–Crippen LogP) is 4.49. The molecule has 10 heteroatoms. The van der Waals surface area contributed by atoms with Gasteiger partial charge >= 0.3 is 6.18 Å². The molecule has 1 aromatic carbocycles. The summed E-state index contributed by atoms with van der Waals surface area (Å²) >= 11 is 0.517. The van der Waals surface area contributed by atoms with Crippen molar-refractivity contribution in [2.24, 2.45) is 0 Å². The molecule has 0 N–H and O–H groups in total. The van der Waals surface area contributed by atoms with Crippen molar-refractivity contribution in [1.29, 1.82) is 0 Å². The number of nitrogens with zero attached hydrogens (tertiary/aromatic N) is 2. The number of carbonyl (C=O) groups is 1. The summed E-state index contributed by atoms with van der Waals surface area (Å²) < 4.78 is 68.6. The molecule has 0 aliphatic carbocycles. The Morgan fingerprint density at radius 3 is 2.54 bits per heavy atom. The smallest absolute Gasteiger partial charge is 0.333 e. The number of aromatic nitrogens is 2. The highest BCUT2D eigenvalue weighted by Gasteiger charge is 2.40. The first-order valence-corrected chi connectivity index (χ1v) is 7.08. The van der Waals surface area contributed by atoms with Crippen LogP contribution in [-0.2, 0) is 0 Å². The monoisotopic (exact) mass is 360 g/mol. The summed E-state index contributed by atoms with van der Waals surface area (Å²) in [6, 6.07) is 4.93. The number of alkyl halides is 3. The van der Waals surface area contributed by atoms with Crippen molar-refractivity contribution in [3.05, 3.63) is 46.8 Å². The van der Waals surface area contributed by atoms with Crippen LogP contribution in [-0.4, -0.2) is 22.1 Å². The molecule has 0 aliphatic rings. The van der Waals surface area contributed by atoms with Crippen molar-refractivity contribution in [2.45, 2.75) is 6.18 Å². The van der Waals surface area contributed by atoms with Crippen LogP contribution in [0.4, 0.5) is 22.0 Å². The molecule has 24 heavy (non-hydrogen) atoms. The van der Waals surface area contributed by atoms with E-state index in [0.717, 1.165) is 18.2 Å². The van der Waals surface area contributed by atoms with Crippen LogP contribution in [0.3, 0.4) is 0 Å². The van der Waals surface area contributed by atoms with Gasteiger partial charge in [-0.25, -0.2) is 8.78 Å². The largest absolute Gasteiger partial charge is 0.455 e. The van der Waals surface area contributed by atoms with Crippen LogP contribution in [0, 0.1) is 11.6 Å². The van der Waals surface area contributed by atoms with Crippen molar-refractivity contribution < 1.29 is 31.3 Å². The Labute approximate surface area is 134 Å². The van der Waals surface area contributed by atoms with E-state index < -0.39 is 28.5 Å². The first kappa shape index (κ1) is 16.2. The third kappa shape index (κ3) is 3.04. The van der Waals surface area contributed by atoms with Crippen molar-refractivity contribution in [1.82, 2.24) is 10.1 Å². The average molecular weight is 360 g/mol. The van der Waals surface area contributed by atoms with Gasteiger partial charge in [-0.05, 0) is 24.3 Å². The molecule has 3 aromatic rings. The fourth-order valence-electron chi connectivity index (χ4n) is 1.82. The third-order valence-corrected chi connectivity index (χ3v) is 3.97. The van der Waals surface area contributed by atoms with E-state index in [9.17, 15) is 26.7 Å². The van der Waals surface area contributed by atoms with Gasteiger partial charge in [0.15, 0.2) is 0 Å². The molecular weight excluding hydrogens is 355 g/mol. The van der Waals surface area contributed by atoms with Gasteiger partial charge in [-0.1, -0.05) is 5.16 Å². The van der Waals surface area contributed by atoms with E-state index in [0.29, 0.717) is 17.4 Å². The molecule has 2 aromatic heterocycles. The van der Waals surface area contributed by atoms with Crippen LogP contribution in [0.1, 0.15) is 9.67 Å². The lowest BCUT2D eigenvalue weighted by atomic mass is 10.2. The van der Waals surface area contributed by atoms with E-state index >= 15 is 0 Å². The van der Waals surface area contributed by atoms with Gasteiger partial charge in [-0.15, -0.1) is 11.3 Å². The average Bonchev–Trinajstić information content (AvgIpc) is 3.14. The van der Waals surface area contributed by atoms with Gasteiger partial charge in [-0.2, -0.15) is 18.2 Å². The standard InChI is InChI=1S/C14H5F5N2O2S/c15-6-1-2-7(8(16)5-6)12-20-13(23-21-12)10-4-3-9(24-10)11(22)14(17,18)19/h1-5H. The predicted molar refractivity (Wildman–Crippen MR) is 73.3 cm³/mol. The van der Waals surface area contributed by atoms with Gasteiger partial charge in [0.1, 0.15) is 11.6 Å². The number of benzene rings is 1. The fourth-order valence-corrected chi connectivity index (χ4v) is 2.71. The molecule has 0 spiro atoms. The van der Waals surface area contributed by atoms with Crippen LogP contribution in [0.5, 0.6) is 0 Å². The number of carbonyl (C=O) groups excluding carboxylic acids is 1. The number of ketones is 1. The maximum Gasteiger partial charge on any atom is 0.455 e. The Morgan fingerprint density at radius 2 is 1.88 bits per heavy atom. The van der Waals surface area contributed by atoms with E-state index in [1.54, 1.807) is 0 Å². The highest BCUT2D eigenvalue weighted by Crippen LogP contribution is 2.32. The minimum absolute atomic E-state index is 0.115. The molecule has 4 nitrogen and oxygen atoms in total. The summed E-state index contributed by atoms with van der Waals surface area (Å²) in [6.07, 6.45) is -4.99. The zero-order valence-electron chi connectivity index (χ0n) is 11.4. The number of hydrogen-bond donors (Lipinski definition) is 0. The maximum atomic E-state index is 13.7. The number of halogens is 5. The van der Waals surface area contributed by atoms with Gasteiger partial charge in [0.2, 0.25) is 5.82 Å². The van der Waals surface area contributed by atoms with Gasteiger partial charge in [0.25, 0.3) is 11.7 Å². The van der Waals surface area contributed by atoms with Crippen molar-refractivity contribution in [2.75, 3.05) is 0 Å². The summed E-state index contributed by atoms with van der Waals surface area (Å²) in [5.74, 6) is -4.06. The SMILES string of the molecule is O=C(c1ccc(-c2nc(-c3ccc(F)cc3F)no2)s1)C(F)(F)F. The van der Waals surface area contributed by atoms with Crippen LogP contribution in [0.25, 0.3) is 22.2 Å². The minimum Gasteiger partial charge on any atom is -0.333 e. The Bertz CT molecular complexity index is 916. The topological polar surface area (TPSA) is 56.0 Å². The van der Waals surface area contributed by atoms with Gasteiger partial charge in [0, 0.05) is 6.07 Å². The van der Waals surface area contributed by atoms with E-state index in [-0.39, 0.29) is 22.2 Å². The van der Waals surface area contributed by atoms with Crippen molar-refractivity contribution in [3.63, 3.8) is 0 Å². The second kappa shape index (κ2) is 5.78. The van der Waals surface area contributed by atoms with Crippen molar-refractivity contribution in [3.8, 4) is 22.2 Å². The second-order valence-electron chi connectivity index (χ2n) is 4.54. The summed E-state index contributed by atoms with van der Waals surface area (Å²) in [5.41, 5.74) is -0.130. The number of rotatable bonds is 3. The summed E-state index contributed by atoms with van der Waals surface area (Å²) in [4.78, 5) is 14.6. The second-order valence-corrected chi connectivity index (χ2v) is 5.62. The van der Waals surface area contributed by atoms with Gasteiger partial charge < -0.3 is 4.52 Å². The van der Waals surface area contributed by atoms with Crippen LogP contribution >= 0.6 is 11.3 Å². The Kier molecular flexibility index (Phi) is 3.91. The Balaban J connectivity index is 1.92. The number of Topliss-reactive ketones (excluding diaryl/α,β-unsaturated/α-hetero) is 1. The first-order valence-electron chi connectivity index (χ1n) is 6.26. The van der Waals surface area contributed by atoms with Crippen LogP contribution in [0.15, 0.2) is 34.9 Å². The molecular formula is C14H5F5N2O2S. The minimum atomic E-state index is -4.99. The Morgan fingerprint density at radius 1 is 1.12 bits per heavy atom. The van der Waals surface area contributed by atoms with Gasteiger partial charge in [-0.3, -0.25) is 4.79 Å². The maximum absolute atomic E-state index is 13.7. The Hall–Kier alpha value is -2.62. The highest BCUT2D eigenvalue weighted by molar-refractivity contribution is 7.17. The van der Waals surface area contributed by atoms with E-state index in [1.807, 2.05) is 0 Å². The molecule has 0 atom stereocenters. The van der Waals surface area contributed by atoms with Gasteiger partial charge in [0.05, 0.1) is 15.3 Å². The molecule has 0 fully saturated rings. The molecule has 0 radical (unpaired) electrons. The zero-order chi connectivity index (χ0) is 17.5. The molecule has 0 amide bonds. The third-order valence-electron chi connectivity index (χ3n) is 2.90.